The van der Waals surface area contributed by atoms with Crippen molar-refractivity contribution in [3.8, 4) is 0 Å². The second-order valence-electron chi connectivity index (χ2n) is 5.51. The van der Waals surface area contributed by atoms with Gasteiger partial charge in [-0.1, -0.05) is 24.3 Å². The van der Waals surface area contributed by atoms with Gasteiger partial charge in [0.15, 0.2) is 0 Å². The van der Waals surface area contributed by atoms with Gasteiger partial charge < -0.3 is 10.5 Å². The van der Waals surface area contributed by atoms with Crippen LogP contribution in [0.2, 0.25) is 0 Å². The summed E-state index contributed by atoms with van der Waals surface area (Å²) in [4.78, 5) is 11.8. The zero-order valence-corrected chi connectivity index (χ0v) is 13.0. The first-order valence-electron chi connectivity index (χ1n) is 7.35. The summed E-state index contributed by atoms with van der Waals surface area (Å²) in [5, 5.41) is 0. The summed E-state index contributed by atoms with van der Waals surface area (Å²) in [5.41, 5.74) is 7.06. The van der Waals surface area contributed by atoms with Gasteiger partial charge in [0.1, 0.15) is 23.8 Å². The molecule has 2 N–H and O–H groups in total. The molecule has 0 fully saturated rings. The molecule has 0 aliphatic heterocycles. The van der Waals surface area contributed by atoms with E-state index in [1.807, 2.05) is 0 Å². The number of hydrogen-bond acceptors (Lipinski definition) is 3. The maximum Gasteiger partial charge on any atom is 0.322 e. The average Bonchev–Trinajstić information content (AvgIpc) is 2.51. The fourth-order valence-electron chi connectivity index (χ4n) is 2.43. The molecule has 3 nitrogen and oxygen atoms in total. The maximum atomic E-state index is 13.2. The van der Waals surface area contributed by atoms with Crippen molar-refractivity contribution in [3.05, 3.63) is 71.3 Å². The molecular formula is C18H19F2NO2. The van der Waals surface area contributed by atoms with Gasteiger partial charge in [0, 0.05) is 5.92 Å². The molecule has 0 unspecified atom stereocenters. The molecule has 2 atom stereocenters. The fraction of sp³-hybridized carbons (Fsp3) is 0.278. The molecule has 0 bridgehead atoms. The Labute approximate surface area is 134 Å². The summed E-state index contributed by atoms with van der Waals surface area (Å²) < 4.78 is 31.7. The molecule has 0 amide bonds. The molecule has 2 aromatic rings. The Balaban J connectivity index is 2.36. The highest BCUT2D eigenvalue weighted by Gasteiger charge is 2.26. The Kier molecular flexibility index (Phi) is 5.45. The van der Waals surface area contributed by atoms with Gasteiger partial charge in [0.25, 0.3) is 0 Å². The Hall–Kier alpha value is -2.27. The van der Waals surface area contributed by atoms with Crippen molar-refractivity contribution in [3.63, 3.8) is 0 Å². The minimum Gasteiger partial charge on any atom is -0.461 e. The van der Waals surface area contributed by atoms with Crippen LogP contribution in [0.4, 0.5) is 8.78 Å². The zero-order valence-electron chi connectivity index (χ0n) is 13.0. The van der Waals surface area contributed by atoms with E-state index in [0.717, 1.165) is 11.1 Å². The van der Waals surface area contributed by atoms with E-state index in [9.17, 15) is 13.6 Å². The van der Waals surface area contributed by atoms with Crippen molar-refractivity contribution in [2.24, 2.45) is 5.73 Å². The summed E-state index contributed by atoms with van der Waals surface area (Å²) in [6.45, 7) is 3.28. The van der Waals surface area contributed by atoms with E-state index >= 15 is 0 Å². The van der Waals surface area contributed by atoms with E-state index in [1.54, 1.807) is 38.1 Å². The highest BCUT2D eigenvalue weighted by atomic mass is 19.1. The zero-order chi connectivity index (χ0) is 17.0. The van der Waals surface area contributed by atoms with E-state index in [4.69, 9.17) is 10.5 Å². The molecule has 0 spiro atoms. The molecule has 23 heavy (non-hydrogen) atoms. The molecule has 2 rings (SSSR count). The van der Waals surface area contributed by atoms with Crippen molar-refractivity contribution in [2.75, 3.05) is 0 Å². The summed E-state index contributed by atoms with van der Waals surface area (Å²) >= 11 is 0. The lowest BCUT2D eigenvalue weighted by molar-refractivity contribution is -0.149. The Morgan fingerprint density at radius 2 is 1.30 bits per heavy atom. The number of carbonyl (C=O) groups excluding carboxylic acids is 1. The van der Waals surface area contributed by atoms with Crippen molar-refractivity contribution < 1.29 is 18.3 Å². The van der Waals surface area contributed by atoms with Crippen LogP contribution in [0.3, 0.4) is 0 Å². The lowest BCUT2D eigenvalue weighted by atomic mass is 9.87. The van der Waals surface area contributed by atoms with Crippen molar-refractivity contribution >= 4 is 5.97 Å². The van der Waals surface area contributed by atoms with Crippen LogP contribution in [0.5, 0.6) is 0 Å². The molecule has 0 aliphatic carbocycles. The quantitative estimate of drug-likeness (QED) is 0.860. The highest BCUT2D eigenvalue weighted by Crippen LogP contribution is 2.30. The van der Waals surface area contributed by atoms with Gasteiger partial charge in [0.05, 0.1) is 0 Å². The van der Waals surface area contributed by atoms with Gasteiger partial charge in [-0.3, -0.25) is 4.79 Å². The topological polar surface area (TPSA) is 52.3 Å². The molecule has 0 heterocycles. The minimum absolute atomic E-state index is 0.348. The Bertz CT molecular complexity index is 608. The lowest BCUT2D eigenvalue weighted by Crippen LogP contribution is -2.33. The highest BCUT2D eigenvalue weighted by molar-refractivity contribution is 5.75. The molecular weight excluding hydrogens is 300 g/mol. The summed E-state index contributed by atoms with van der Waals surface area (Å²) in [7, 11) is 0. The van der Waals surface area contributed by atoms with E-state index in [0.29, 0.717) is 0 Å². The predicted octanol–water partition coefficient (Wildman–Crippen LogP) is 3.38. The third-order valence-corrected chi connectivity index (χ3v) is 3.60. The lowest BCUT2D eigenvalue weighted by Gasteiger charge is -2.26. The van der Waals surface area contributed by atoms with Crippen molar-refractivity contribution in [1.29, 1.82) is 0 Å². The molecule has 0 saturated carbocycles. The summed E-state index contributed by atoms with van der Waals surface area (Å²) in [6.07, 6.45) is -0.538. The third kappa shape index (κ3) is 4.36. The van der Waals surface area contributed by atoms with E-state index < -0.39 is 18.1 Å². The number of carbonyl (C=O) groups is 1. The van der Waals surface area contributed by atoms with Crippen LogP contribution in [0, 0.1) is 11.6 Å². The maximum absolute atomic E-state index is 13.2. The first-order valence-corrected chi connectivity index (χ1v) is 7.35. The summed E-state index contributed by atoms with van der Waals surface area (Å²) in [5.74, 6) is -1.58. The monoisotopic (exact) mass is 319 g/mol. The standard InChI is InChI=1S/C18H19F2NO2/c1-11(21)18(22)23-12(2)17(13-3-7-15(19)8-4-13)14-5-9-16(20)10-6-14/h3-12,17H,21H2,1-2H3/t11-,12-/m1/s1. The average molecular weight is 319 g/mol. The van der Waals surface area contributed by atoms with Gasteiger partial charge in [-0.15, -0.1) is 0 Å². The second kappa shape index (κ2) is 7.33. The Morgan fingerprint density at radius 3 is 1.65 bits per heavy atom. The van der Waals surface area contributed by atoms with Crippen molar-refractivity contribution in [1.82, 2.24) is 0 Å². The predicted molar refractivity (Wildman–Crippen MR) is 83.8 cm³/mol. The first-order chi connectivity index (χ1) is 10.9. The van der Waals surface area contributed by atoms with Crippen LogP contribution in [0.1, 0.15) is 30.9 Å². The SMILES string of the molecule is C[C@@H](N)C(=O)O[C@H](C)C(c1ccc(F)cc1)c1ccc(F)cc1. The van der Waals surface area contributed by atoms with Gasteiger partial charge in [-0.05, 0) is 49.2 Å². The number of halogens is 2. The van der Waals surface area contributed by atoms with Crippen LogP contribution in [0.15, 0.2) is 48.5 Å². The fourth-order valence-corrected chi connectivity index (χ4v) is 2.43. The third-order valence-electron chi connectivity index (χ3n) is 3.60. The van der Waals surface area contributed by atoms with Gasteiger partial charge >= 0.3 is 5.97 Å². The molecule has 2 aromatic carbocycles. The normalized spacial score (nSPS) is 13.7. The second-order valence-corrected chi connectivity index (χ2v) is 5.51. The van der Waals surface area contributed by atoms with Crippen LogP contribution < -0.4 is 5.73 Å². The molecule has 0 saturated heterocycles. The van der Waals surface area contributed by atoms with Gasteiger partial charge in [-0.2, -0.15) is 0 Å². The smallest absolute Gasteiger partial charge is 0.322 e. The van der Waals surface area contributed by atoms with Crippen LogP contribution >= 0.6 is 0 Å². The Morgan fingerprint density at radius 1 is 0.913 bits per heavy atom. The van der Waals surface area contributed by atoms with Gasteiger partial charge in [-0.25, -0.2) is 8.78 Å². The van der Waals surface area contributed by atoms with Crippen molar-refractivity contribution in [2.45, 2.75) is 31.9 Å². The molecule has 0 aromatic heterocycles. The largest absolute Gasteiger partial charge is 0.461 e. The van der Waals surface area contributed by atoms with Crippen LogP contribution in [0.25, 0.3) is 0 Å². The van der Waals surface area contributed by atoms with E-state index in [1.165, 1.54) is 24.3 Å². The number of rotatable bonds is 5. The molecule has 0 radical (unpaired) electrons. The van der Waals surface area contributed by atoms with Gasteiger partial charge in [0.2, 0.25) is 0 Å². The minimum atomic E-state index is -0.737. The first kappa shape index (κ1) is 17.1. The van der Waals surface area contributed by atoms with E-state index in [-0.39, 0.29) is 17.6 Å². The van der Waals surface area contributed by atoms with Crippen LogP contribution in [-0.4, -0.2) is 18.1 Å². The summed E-state index contributed by atoms with van der Waals surface area (Å²) in [6, 6.07) is 11.1. The number of hydrogen-bond donors (Lipinski definition) is 1. The molecule has 122 valence electrons. The van der Waals surface area contributed by atoms with Crippen LogP contribution in [-0.2, 0) is 9.53 Å². The number of benzene rings is 2. The van der Waals surface area contributed by atoms with E-state index in [2.05, 4.69) is 0 Å². The number of esters is 1. The molecule has 0 aliphatic rings. The molecule has 5 heteroatoms. The number of nitrogens with two attached hydrogens (primary N) is 1. The number of ether oxygens (including phenoxy) is 1.